The average Bonchev–Trinajstić information content (AvgIpc) is 2.95. The highest BCUT2D eigenvalue weighted by Gasteiger charge is 2.33. The van der Waals surface area contributed by atoms with E-state index in [9.17, 15) is 14.9 Å². The zero-order valence-corrected chi connectivity index (χ0v) is 9.37. The molecule has 0 bridgehead atoms. The Bertz CT molecular complexity index is 464. The summed E-state index contributed by atoms with van der Waals surface area (Å²) in [7, 11) is 0. The van der Waals surface area contributed by atoms with Gasteiger partial charge in [-0.3, -0.25) is 4.79 Å². The van der Waals surface area contributed by atoms with Crippen molar-refractivity contribution in [2.24, 2.45) is 0 Å². The van der Waals surface area contributed by atoms with Crippen molar-refractivity contribution in [1.29, 1.82) is 0 Å². The molecule has 17 heavy (non-hydrogen) atoms. The molecule has 1 aliphatic rings. The van der Waals surface area contributed by atoms with Gasteiger partial charge < -0.3 is 15.2 Å². The Labute approximate surface area is 97.2 Å². The van der Waals surface area contributed by atoms with Crippen LogP contribution < -0.4 is 0 Å². The molecule has 7 heteroatoms. The quantitative estimate of drug-likeness (QED) is 0.622. The molecule has 0 aromatic carbocycles. The minimum atomic E-state index is -0.933. The first-order valence-electron chi connectivity index (χ1n) is 5.44. The normalized spacial score (nSPS) is 16.8. The fourth-order valence-electron chi connectivity index (χ4n) is 1.86. The van der Waals surface area contributed by atoms with Crippen LogP contribution in [0, 0.1) is 10.1 Å². The summed E-state index contributed by atoms with van der Waals surface area (Å²) in [6, 6.07) is 1.09. The topological polar surface area (TPSA) is 98.3 Å². The lowest BCUT2D eigenvalue weighted by molar-refractivity contribution is -0.389. The fraction of sp³-hybridized carbons (Fsp3) is 0.600. The Morgan fingerprint density at radius 1 is 1.76 bits per heavy atom. The highest BCUT2D eigenvalue weighted by atomic mass is 16.6. The molecule has 1 aromatic rings. The smallest absolute Gasteiger partial charge is 0.390 e. The van der Waals surface area contributed by atoms with Gasteiger partial charge in [0.25, 0.3) is 0 Å². The Hall–Kier alpha value is -1.92. The maximum atomic E-state index is 10.7. The van der Waals surface area contributed by atoms with E-state index in [0.717, 1.165) is 18.5 Å². The van der Waals surface area contributed by atoms with Gasteiger partial charge in [-0.2, -0.15) is 4.68 Å². The highest BCUT2D eigenvalue weighted by Crippen LogP contribution is 2.42. The van der Waals surface area contributed by atoms with Crippen molar-refractivity contribution in [3.8, 4) is 0 Å². The van der Waals surface area contributed by atoms with Crippen LogP contribution in [0.2, 0.25) is 0 Å². The summed E-state index contributed by atoms with van der Waals surface area (Å²) in [6.45, 7) is 1.71. The van der Waals surface area contributed by atoms with Crippen LogP contribution in [-0.4, -0.2) is 25.8 Å². The van der Waals surface area contributed by atoms with E-state index in [1.54, 1.807) is 6.92 Å². The van der Waals surface area contributed by atoms with Crippen molar-refractivity contribution in [3.05, 3.63) is 21.9 Å². The number of aliphatic carboxylic acids is 1. The van der Waals surface area contributed by atoms with Crippen LogP contribution in [0.4, 0.5) is 5.82 Å². The lowest BCUT2D eigenvalue weighted by Crippen LogP contribution is -2.14. The van der Waals surface area contributed by atoms with Crippen molar-refractivity contribution < 1.29 is 14.8 Å². The molecule has 1 fully saturated rings. The van der Waals surface area contributed by atoms with E-state index in [1.165, 1.54) is 10.7 Å². The van der Waals surface area contributed by atoms with Gasteiger partial charge in [-0.1, -0.05) is 0 Å². The molecule has 2 rings (SSSR count). The molecule has 0 spiro atoms. The minimum Gasteiger partial charge on any atom is -0.481 e. The van der Waals surface area contributed by atoms with E-state index in [1.807, 2.05) is 0 Å². The molecule has 1 heterocycles. The van der Waals surface area contributed by atoms with Gasteiger partial charge in [0.05, 0.1) is 29.3 Å². The molecule has 1 atom stereocenters. The van der Waals surface area contributed by atoms with Gasteiger partial charge in [-0.05, 0) is 24.7 Å². The van der Waals surface area contributed by atoms with Crippen LogP contribution >= 0.6 is 0 Å². The van der Waals surface area contributed by atoms with Crippen molar-refractivity contribution in [2.45, 2.75) is 38.1 Å². The SMILES string of the molecule is CC(CC(=O)O)n1nc([N+](=O)[O-])cc1C1CC1. The second kappa shape index (κ2) is 4.15. The van der Waals surface area contributed by atoms with Crippen LogP contribution in [0.3, 0.4) is 0 Å². The minimum absolute atomic E-state index is 0.0848. The van der Waals surface area contributed by atoms with Crippen molar-refractivity contribution in [1.82, 2.24) is 9.78 Å². The number of aromatic nitrogens is 2. The van der Waals surface area contributed by atoms with Gasteiger partial charge in [0, 0.05) is 5.92 Å². The number of nitrogens with zero attached hydrogens (tertiary/aromatic N) is 3. The van der Waals surface area contributed by atoms with E-state index in [0.29, 0.717) is 5.92 Å². The summed E-state index contributed by atoms with van der Waals surface area (Å²) < 4.78 is 1.49. The second-order valence-corrected chi connectivity index (χ2v) is 4.35. The third-order valence-electron chi connectivity index (χ3n) is 2.82. The molecule has 0 radical (unpaired) electrons. The first kappa shape index (κ1) is 11.6. The number of carboxylic acid groups (broad SMARTS) is 1. The molecule has 0 saturated heterocycles. The number of hydrogen-bond donors (Lipinski definition) is 1. The standard InChI is InChI=1S/C10H13N3O4/c1-6(4-10(14)15)12-8(7-2-3-7)5-9(11-12)13(16)17/h5-7H,2-4H2,1H3,(H,14,15). The average molecular weight is 239 g/mol. The Morgan fingerprint density at radius 2 is 2.41 bits per heavy atom. The number of nitro groups is 1. The predicted molar refractivity (Wildman–Crippen MR) is 57.8 cm³/mol. The number of carbonyl (C=O) groups is 1. The molecular formula is C10H13N3O4. The zero-order valence-electron chi connectivity index (χ0n) is 9.37. The number of hydrogen-bond acceptors (Lipinski definition) is 4. The molecule has 1 unspecified atom stereocenters. The van der Waals surface area contributed by atoms with Crippen molar-refractivity contribution in [2.75, 3.05) is 0 Å². The fourth-order valence-corrected chi connectivity index (χ4v) is 1.86. The summed E-state index contributed by atoms with van der Waals surface area (Å²) >= 11 is 0. The molecule has 92 valence electrons. The summed E-state index contributed by atoms with van der Waals surface area (Å²) in [5.41, 5.74) is 0.783. The molecule has 7 nitrogen and oxygen atoms in total. The third kappa shape index (κ3) is 2.43. The molecule has 1 aliphatic carbocycles. The number of carboxylic acids is 1. The lowest BCUT2D eigenvalue weighted by atomic mass is 10.2. The van der Waals surface area contributed by atoms with Crippen LogP contribution in [0.5, 0.6) is 0 Å². The Morgan fingerprint density at radius 3 is 2.88 bits per heavy atom. The highest BCUT2D eigenvalue weighted by molar-refractivity contribution is 5.67. The van der Waals surface area contributed by atoms with Crippen LogP contribution in [0.25, 0.3) is 0 Å². The Balaban J connectivity index is 2.30. The molecule has 1 N–H and O–H groups in total. The van der Waals surface area contributed by atoms with E-state index in [-0.39, 0.29) is 18.3 Å². The molecular weight excluding hydrogens is 226 g/mol. The van der Waals surface area contributed by atoms with Gasteiger partial charge in [-0.25, -0.2) is 0 Å². The third-order valence-corrected chi connectivity index (χ3v) is 2.82. The maximum Gasteiger partial charge on any atom is 0.390 e. The second-order valence-electron chi connectivity index (χ2n) is 4.35. The molecule has 0 amide bonds. The van der Waals surface area contributed by atoms with Gasteiger partial charge in [0.2, 0.25) is 0 Å². The summed E-state index contributed by atoms with van der Waals surface area (Å²) in [4.78, 5) is 20.8. The zero-order chi connectivity index (χ0) is 12.6. The van der Waals surface area contributed by atoms with Crippen molar-refractivity contribution >= 4 is 11.8 Å². The van der Waals surface area contributed by atoms with Gasteiger partial charge >= 0.3 is 11.8 Å². The predicted octanol–water partition coefficient (Wildman–Crippen LogP) is 1.70. The van der Waals surface area contributed by atoms with Gasteiger partial charge in [-0.15, -0.1) is 0 Å². The first-order valence-corrected chi connectivity index (χ1v) is 5.44. The van der Waals surface area contributed by atoms with Crippen LogP contribution in [0.1, 0.15) is 43.8 Å². The van der Waals surface area contributed by atoms with E-state index in [2.05, 4.69) is 5.10 Å². The Kier molecular flexibility index (Phi) is 2.83. The number of rotatable bonds is 5. The summed E-state index contributed by atoms with van der Waals surface area (Å²) in [5.74, 6) is -0.839. The first-order chi connectivity index (χ1) is 7.99. The molecule has 1 saturated carbocycles. The van der Waals surface area contributed by atoms with Gasteiger partial charge in [0.15, 0.2) is 0 Å². The van der Waals surface area contributed by atoms with Crippen LogP contribution in [0.15, 0.2) is 6.07 Å². The molecule has 1 aromatic heterocycles. The van der Waals surface area contributed by atoms with Crippen molar-refractivity contribution in [3.63, 3.8) is 0 Å². The lowest BCUT2D eigenvalue weighted by Gasteiger charge is -2.08. The molecule has 0 aliphatic heterocycles. The van der Waals surface area contributed by atoms with Gasteiger partial charge in [0.1, 0.15) is 0 Å². The summed E-state index contributed by atoms with van der Waals surface area (Å²) in [6.07, 6.45) is 1.89. The van der Waals surface area contributed by atoms with E-state index >= 15 is 0 Å². The summed E-state index contributed by atoms with van der Waals surface area (Å²) in [5, 5.41) is 23.3. The monoisotopic (exact) mass is 239 g/mol. The largest absolute Gasteiger partial charge is 0.481 e. The van der Waals surface area contributed by atoms with Crippen LogP contribution in [-0.2, 0) is 4.79 Å². The maximum absolute atomic E-state index is 10.7. The van der Waals surface area contributed by atoms with E-state index in [4.69, 9.17) is 5.11 Å². The van der Waals surface area contributed by atoms with E-state index < -0.39 is 10.9 Å².